The molecule has 0 bridgehead atoms. The van der Waals surface area contributed by atoms with Gasteiger partial charge in [-0.15, -0.1) is 0 Å². The minimum Gasteiger partial charge on any atom is -0.395 e. The van der Waals surface area contributed by atoms with Crippen LogP contribution in [-0.2, 0) is 4.79 Å². The molecule has 5 nitrogen and oxygen atoms in total. The highest BCUT2D eigenvalue weighted by Gasteiger charge is 2.35. The summed E-state index contributed by atoms with van der Waals surface area (Å²) in [5, 5.41) is 18.1. The summed E-state index contributed by atoms with van der Waals surface area (Å²) in [7, 11) is 0. The summed E-state index contributed by atoms with van der Waals surface area (Å²) in [6.07, 6.45) is 1.44. The largest absolute Gasteiger partial charge is 0.395 e. The molecule has 0 aromatic heterocycles. The lowest BCUT2D eigenvalue weighted by atomic mass is 9.87. The number of aliphatic hydroxyl groups excluding tert-OH is 1. The first-order chi connectivity index (χ1) is 8.57. The molecular weight excluding hydrogens is 230 g/mol. The van der Waals surface area contributed by atoms with Gasteiger partial charge in [0.2, 0.25) is 5.91 Å². The summed E-state index contributed by atoms with van der Waals surface area (Å²) >= 11 is 0. The number of rotatable bonds is 4. The summed E-state index contributed by atoms with van der Waals surface area (Å²) in [4.78, 5) is 16.3. The van der Waals surface area contributed by atoms with E-state index in [0.29, 0.717) is 26.1 Å². The highest BCUT2D eigenvalue weighted by molar-refractivity contribution is 5.85. The smallest absolute Gasteiger partial charge is 0.242 e. The van der Waals surface area contributed by atoms with Gasteiger partial charge in [-0.3, -0.25) is 9.69 Å². The van der Waals surface area contributed by atoms with Crippen LogP contribution in [0.2, 0.25) is 0 Å². The molecule has 1 aliphatic rings. The predicted octanol–water partition coefficient (Wildman–Crippen LogP) is 0.453. The minimum atomic E-state index is -0.897. The SMILES string of the molecule is CCC(C)(C#N)C(=O)N1CCCN(CCO)CC1. The van der Waals surface area contributed by atoms with Gasteiger partial charge >= 0.3 is 0 Å². The lowest BCUT2D eigenvalue weighted by Gasteiger charge is -2.28. The Balaban J connectivity index is 2.63. The average Bonchev–Trinajstić information content (AvgIpc) is 2.63. The number of nitriles is 1. The molecule has 18 heavy (non-hydrogen) atoms. The Labute approximate surface area is 109 Å². The number of carbonyl (C=O) groups is 1. The fraction of sp³-hybridized carbons (Fsp3) is 0.846. The Morgan fingerprint density at radius 3 is 2.67 bits per heavy atom. The molecule has 102 valence electrons. The lowest BCUT2D eigenvalue weighted by molar-refractivity contribution is -0.138. The van der Waals surface area contributed by atoms with Gasteiger partial charge in [0.1, 0.15) is 5.41 Å². The van der Waals surface area contributed by atoms with Gasteiger partial charge in [-0.05, 0) is 26.3 Å². The molecule has 1 heterocycles. The normalized spacial score (nSPS) is 20.9. The number of amides is 1. The Morgan fingerprint density at radius 1 is 1.39 bits per heavy atom. The Bertz CT molecular complexity index is 327. The van der Waals surface area contributed by atoms with Crippen LogP contribution in [0.4, 0.5) is 0 Å². The van der Waals surface area contributed by atoms with Gasteiger partial charge in [0.25, 0.3) is 0 Å². The third-order valence-electron chi connectivity index (χ3n) is 3.72. The molecule has 1 rings (SSSR count). The van der Waals surface area contributed by atoms with Gasteiger partial charge in [-0.1, -0.05) is 6.92 Å². The molecule has 1 fully saturated rings. The topological polar surface area (TPSA) is 67.6 Å². The maximum Gasteiger partial charge on any atom is 0.242 e. The second-order valence-corrected chi connectivity index (χ2v) is 5.01. The van der Waals surface area contributed by atoms with Crippen LogP contribution in [0.5, 0.6) is 0 Å². The number of aliphatic hydroxyl groups is 1. The summed E-state index contributed by atoms with van der Waals surface area (Å²) in [5.41, 5.74) is -0.897. The van der Waals surface area contributed by atoms with Crippen molar-refractivity contribution in [2.75, 3.05) is 39.3 Å². The van der Waals surface area contributed by atoms with Gasteiger partial charge in [0.05, 0.1) is 12.7 Å². The Morgan fingerprint density at radius 2 is 2.11 bits per heavy atom. The number of hydrogen-bond acceptors (Lipinski definition) is 4. The molecule has 1 aliphatic heterocycles. The first kappa shape index (κ1) is 14.9. The third-order valence-corrected chi connectivity index (χ3v) is 3.72. The number of carbonyl (C=O) groups excluding carboxylic acids is 1. The number of β-amino-alcohol motifs (C(OH)–C–C–N with tert-alkyl or cyclic N) is 1. The van der Waals surface area contributed by atoms with Gasteiger partial charge < -0.3 is 10.0 Å². The van der Waals surface area contributed by atoms with Crippen molar-refractivity contribution in [1.29, 1.82) is 5.26 Å². The van der Waals surface area contributed by atoms with Crippen molar-refractivity contribution < 1.29 is 9.90 Å². The van der Waals surface area contributed by atoms with Crippen molar-refractivity contribution in [2.45, 2.75) is 26.7 Å². The van der Waals surface area contributed by atoms with Gasteiger partial charge in [0.15, 0.2) is 0 Å². The van der Waals surface area contributed by atoms with Crippen molar-refractivity contribution in [3.8, 4) is 6.07 Å². The number of nitrogens with zero attached hydrogens (tertiary/aromatic N) is 3. The van der Waals surface area contributed by atoms with Gasteiger partial charge in [-0.2, -0.15) is 5.26 Å². The molecule has 0 spiro atoms. The van der Waals surface area contributed by atoms with E-state index in [2.05, 4.69) is 11.0 Å². The van der Waals surface area contributed by atoms with Crippen LogP contribution in [0.1, 0.15) is 26.7 Å². The van der Waals surface area contributed by atoms with E-state index in [1.165, 1.54) is 0 Å². The molecule has 1 unspecified atom stereocenters. The first-order valence-corrected chi connectivity index (χ1v) is 6.61. The highest BCUT2D eigenvalue weighted by Crippen LogP contribution is 2.23. The van der Waals surface area contributed by atoms with Crippen LogP contribution in [0.15, 0.2) is 0 Å². The Hall–Kier alpha value is -1.12. The third kappa shape index (κ3) is 3.44. The minimum absolute atomic E-state index is 0.0571. The van der Waals surface area contributed by atoms with Crippen molar-refractivity contribution >= 4 is 5.91 Å². The summed E-state index contributed by atoms with van der Waals surface area (Å²) < 4.78 is 0. The van der Waals surface area contributed by atoms with Crippen LogP contribution in [-0.4, -0.2) is 60.1 Å². The molecule has 0 saturated carbocycles. The van der Waals surface area contributed by atoms with E-state index in [0.717, 1.165) is 19.5 Å². The van der Waals surface area contributed by atoms with Crippen LogP contribution >= 0.6 is 0 Å². The summed E-state index contributed by atoms with van der Waals surface area (Å²) in [6, 6.07) is 2.14. The van der Waals surface area contributed by atoms with E-state index in [1.54, 1.807) is 11.8 Å². The summed E-state index contributed by atoms with van der Waals surface area (Å²) in [6.45, 7) is 7.43. The van der Waals surface area contributed by atoms with Crippen molar-refractivity contribution in [3.05, 3.63) is 0 Å². The van der Waals surface area contributed by atoms with E-state index in [1.807, 2.05) is 6.92 Å². The molecule has 1 amide bonds. The average molecular weight is 253 g/mol. The van der Waals surface area contributed by atoms with Gasteiger partial charge in [-0.25, -0.2) is 0 Å². The highest BCUT2D eigenvalue weighted by atomic mass is 16.3. The van der Waals surface area contributed by atoms with Crippen LogP contribution in [0, 0.1) is 16.7 Å². The number of hydrogen-bond donors (Lipinski definition) is 1. The van der Waals surface area contributed by atoms with E-state index >= 15 is 0 Å². The monoisotopic (exact) mass is 253 g/mol. The lowest BCUT2D eigenvalue weighted by Crippen LogP contribution is -2.43. The molecule has 5 heteroatoms. The van der Waals surface area contributed by atoms with Crippen molar-refractivity contribution in [3.63, 3.8) is 0 Å². The molecule has 0 aromatic rings. The zero-order valence-corrected chi connectivity index (χ0v) is 11.4. The predicted molar refractivity (Wildman–Crippen MR) is 68.7 cm³/mol. The molecular formula is C13H23N3O2. The maximum atomic E-state index is 12.3. The molecule has 0 aliphatic carbocycles. The fourth-order valence-corrected chi connectivity index (χ4v) is 2.17. The molecule has 1 atom stereocenters. The second kappa shape index (κ2) is 6.72. The van der Waals surface area contributed by atoms with Crippen molar-refractivity contribution in [1.82, 2.24) is 9.80 Å². The summed E-state index contributed by atoms with van der Waals surface area (Å²) in [5.74, 6) is -0.0571. The Kier molecular flexibility index (Phi) is 5.57. The van der Waals surface area contributed by atoms with Crippen molar-refractivity contribution in [2.24, 2.45) is 5.41 Å². The van der Waals surface area contributed by atoms with E-state index in [4.69, 9.17) is 10.4 Å². The fourth-order valence-electron chi connectivity index (χ4n) is 2.17. The van der Waals surface area contributed by atoms with E-state index < -0.39 is 5.41 Å². The van der Waals surface area contributed by atoms with E-state index in [-0.39, 0.29) is 12.5 Å². The molecule has 1 N–H and O–H groups in total. The molecule has 0 radical (unpaired) electrons. The van der Waals surface area contributed by atoms with Crippen LogP contribution < -0.4 is 0 Å². The van der Waals surface area contributed by atoms with E-state index in [9.17, 15) is 4.79 Å². The molecule has 0 aromatic carbocycles. The van der Waals surface area contributed by atoms with Crippen LogP contribution in [0.25, 0.3) is 0 Å². The zero-order valence-electron chi connectivity index (χ0n) is 11.4. The quantitative estimate of drug-likeness (QED) is 0.790. The second-order valence-electron chi connectivity index (χ2n) is 5.01. The maximum absolute atomic E-state index is 12.3. The molecule has 1 saturated heterocycles. The van der Waals surface area contributed by atoms with Gasteiger partial charge in [0, 0.05) is 26.2 Å². The van der Waals surface area contributed by atoms with Crippen LogP contribution in [0.3, 0.4) is 0 Å². The first-order valence-electron chi connectivity index (χ1n) is 6.61. The zero-order chi connectivity index (χ0) is 13.6. The standard InChI is InChI=1S/C13H23N3O2/c1-3-13(2,11-14)12(18)16-6-4-5-15(7-8-16)9-10-17/h17H,3-10H2,1-2H3.